The van der Waals surface area contributed by atoms with E-state index in [9.17, 15) is 22.4 Å². The number of ether oxygens (including phenoxy) is 1. The minimum Gasteiger partial charge on any atom is -0.492 e. The highest BCUT2D eigenvalue weighted by molar-refractivity contribution is 7.92. The van der Waals surface area contributed by atoms with E-state index in [2.05, 4.69) is 5.32 Å². The van der Waals surface area contributed by atoms with Crippen molar-refractivity contribution < 1.29 is 27.1 Å². The molecule has 0 heterocycles. The van der Waals surface area contributed by atoms with Crippen molar-refractivity contribution in [3.05, 3.63) is 89.2 Å². The molecule has 0 spiro atoms. The Bertz CT molecular complexity index is 1440. The lowest BCUT2D eigenvalue weighted by Gasteiger charge is -2.33. The van der Waals surface area contributed by atoms with Gasteiger partial charge in [-0.05, 0) is 81.3 Å². The maximum Gasteiger partial charge on any atom is 0.264 e. The summed E-state index contributed by atoms with van der Waals surface area (Å²) in [4.78, 5) is 28.3. The second kappa shape index (κ2) is 14.3. The first-order valence-corrected chi connectivity index (χ1v) is 15.1. The molecular formula is C30H35ClFN3O5S. The molecule has 0 fully saturated rings. The van der Waals surface area contributed by atoms with Crippen LogP contribution in [-0.2, 0) is 26.2 Å². The van der Waals surface area contributed by atoms with Crippen molar-refractivity contribution in [2.75, 3.05) is 17.5 Å². The highest BCUT2D eigenvalue weighted by Gasteiger charge is 2.34. The Balaban J connectivity index is 2.07. The molecule has 0 aromatic heterocycles. The summed E-state index contributed by atoms with van der Waals surface area (Å²) in [6, 6.07) is 16.6. The fourth-order valence-electron chi connectivity index (χ4n) is 4.02. The molecule has 0 saturated carbocycles. The van der Waals surface area contributed by atoms with Gasteiger partial charge in [0.2, 0.25) is 11.8 Å². The smallest absolute Gasteiger partial charge is 0.264 e. The molecule has 0 bridgehead atoms. The lowest BCUT2D eigenvalue weighted by Crippen LogP contribution is -2.52. The zero-order valence-corrected chi connectivity index (χ0v) is 25.1. The van der Waals surface area contributed by atoms with Crippen molar-refractivity contribution in [3.8, 4) is 5.75 Å². The van der Waals surface area contributed by atoms with Crippen LogP contribution in [0.15, 0.2) is 77.7 Å². The van der Waals surface area contributed by atoms with E-state index in [1.165, 1.54) is 53.4 Å². The van der Waals surface area contributed by atoms with Crippen LogP contribution < -0.4 is 14.4 Å². The van der Waals surface area contributed by atoms with Crippen molar-refractivity contribution in [3.63, 3.8) is 0 Å². The number of carbonyl (C=O) groups excluding carboxylic acids is 2. The Hall–Kier alpha value is -3.63. The van der Waals surface area contributed by atoms with E-state index in [0.717, 1.165) is 4.31 Å². The Morgan fingerprint density at radius 2 is 1.61 bits per heavy atom. The first-order valence-electron chi connectivity index (χ1n) is 13.3. The molecule has 2 amide bonds. The zero-order valence-electron chi connectivity index (χ0n) is 23.5. The van der Waals surface area contributed by atoms with Crippen LogP contribution in [0.1, 0.15) is 39.7 Å². The van der Waals surface area contributed by atoms with Crippen LogP contribution in [0, 0.1) is 5.82 Å². The van der Waals surface area contributed by atoms with Crippen molar-refractivity contribution in [1.29, 1.82) is 0 Å². The molecule has 41 heavy (non-hydrogen) atoms. The van der Waals surface area contributed by atoms with Gasteiger partial charge in [-0.3, -0.25) is 13.9 Å². The van der Waals surface area contributed by atoms with Crippen LogP contribution >= 0.6 is 11.6 Å². The summed E-state index contributed by atoms with van der Waals surface area (Å²) in [6.45, 7) is 6.71. The third-order valence-corrected chi connectivity index (χ3v) is 8.57. The average Bonchev–Trinajstić information content (AvgIpc) is 2.95. The number of anilines is 1. The molecule has 3 rings (SSSR count). The summed E-state index contributed by atoms with van der Waals surface area (Å²) in [5.74, 6) is -1.20. The van der Waals surface area contributed by atoms with Gasteiger partial charge in [0.25, 0.3) is 10.0 Å². The number of hydrogen-bond acceptors (Lipinski definition) is 5. The molecule has 1 N–H and O–H groups in total. The molecule has 2 atom stereocenters. The predicted molar refractivity (Wildman–Crippen MR) is 158 cm³/mol. The molecular weight excluding hydrogens is 569 g/mol. The molecule has 0 saturated heterocycles. The van der Waals surface area contributed by atoms with Gasteiger partial charge in [-0.2, -0.15) is 0 Å². The molecule has 220 valence electrons. The maximum absolute atomic E-state index is 14.0. The van der Waals surface area contributed by atoms with Crippen LogP contribution in [0.25, 0.3) is 0 Å². The number of halogens is 2. The highest BCUT2D eigenvalue weighted by atomic mass is 35.5. The molecule has 3 aromatic rings. The molecule has 0 radical (unpaired) electrons. The number of sulfonamides is 1. The third-order valence-electron chi connectivity index (χ3n) is 6.55. The van der Waals surface area contributed by atoms with E-state index >= 15 is 0 Å². The van der Waals surface area contributed by atoms with Gasteiger partial charge >= 0.3 is 0 Å². The fourth-order valence-corrected chi connectivity index (χ4v) is 5.57. The summed E-state index contributed by atoms with van der Waals surface area (Å²) < 4.78 is 48.2. The SMILES string of the molecule is CCOc1ccccc1N(CC(=O)N(Cc1ccc(F)cc1)[C@H](C)C(=O)N[C@@H](C)CC)S(=O)(=O)c1ccc(Cl)cc1. The second-order valence-electron chi connectivity index (χ2n) is 9.51. The minimum absolute atomic E-state index is 0.0455. The Kier molecular flexibility index (Phi) is 11.1. The Morgan fingerprint density at radius 3 is 2.22 bits per heavy atom. The summed E-state index contributed by atoms with van der Waals surface area (Å²) in [7, 11) is -4.29. The first-order chi connectivity index (χ1) is 19.5. The summed E-state index contributed by atoms with van der Waals surface area (Å²) >= 11 is 6.00. The Morgan fingerprint density at radius 1 is 0.976 bits per heavy atom. The van der Waals surface area contributed by atoms with E-state index in [1.54, 1.807) is 38.1 Å². The van der Waals surface area contributed by atoms with Crippen molar-refractivity contribution in [2.24, 2.45) is 0 Å². The fraction of sp³-hybridized carbons (Fsp3) is 0.333. The number of para-hydroxylation sites is 2. The largest absolute Gasteiger partial charge is 0.492 e. The molecule has 0 unspecified atom stereocenters. The van der Waals surface area contributed by atoms with Crippen LogP contribution in [0.4, 0.5) is 10.1 Å². The van der Waals surface area contributed by atoms with Gasteiger partial charge in [0.1, 0.15) is 24.2 Å². The average molecular weight is 604 g/mol. The second-order valence-corrected chi connectivity index (χ2v) is 11.8. The highest BCUT2D eigenvalue weighted by Crippen LogP contribution is 2.33. The molecule has 0 aliphatic rings. The number of nitrogens with one attached hydrogen (secondary N) is 1. The van der Waals surface area contributed by atoms with E-state index in [4.69, 9.17) is 16.3 Å². The number of rotatable bonds is 13. The van der Waals surface area contributed by atoms with E-state index in [1.807, 2.05) is 13.8 Å². The number of amides is 2. The summed E-state index contributed by atoms with van der Waals surface area (Å²) in [5.41, 5.74) is 0.737. The molecule has 0 aliphatic heterocycles. The third kappa shape index (κ3) is 8.20. The van der Waals surface area contributed by atoms with E-state index in [0.29, 0.717) is 17.0 Å². The first kappa shape index (κ1) is 31.9. The van der Waals surface area contributed by atoms with Crippen LogP contribution in [0.3, 0.4) is 0 Å². The van der Waals surface area contributed by atoms with Crippen LogP contribution in [-0.4, -0.2) is 50.4 Å². The molecule has 11 heteroatoms. The molecule has 0 aliphatic carbocycles. The molecule has 3 aromatic carbocycles. The van der Waals surface area contributed by atoms with Crippen molar-refractivity contribution >= 4 is 39.1 Å². The predicted octanol–water partition coefficient (Wildman–Crippen LogP) is 5.41. The minimum atomic E-state index is -4.29. The topological polar surface area (TPSA) is 96.0 Å². The summed E-state index contributed by atoms with van der Waals surface area (Å²) in [6.07, 6.45) is 0.686. The van der Waals surface area contributed by atoms with Gasteiger partial charge in [-0.1, -0.05) is 42.8 Å². The van der Waals surface area contributed by atoms with Crippen LogP contribution in [0.5, 0.6) is 5.75 Å². The number of hydrogen-bond donors (Lipinski definition) is 1. The van der Waals surface area contributed by atoms with Gasteiger partial charge in [0.05, 0.1) is 17.2 Å². The maximum atomic E-state index is 14.0. The van der Waals surface area contributed by atoms with Gasteiger partial charge in [0.15, 0.2) is 0 Å². The van der Waals surface area contributed by atoms with E-state index in [-0.39, 0.29) is 35.5 Å². The lowest BCUT2D eigenvalue weighted by molar-refractivity contribution is -0.139. The van der Waals surface area contributed by atoms with Crippen molar-refractivity contribution in [2.45, 2.75) is 57.6 Å². The number of benzene rings is 3. The number of nitrogens with zero attached hydrogens (tertiary/aromatic N) is 2. The van der Waals surface area contributed by atoms with Gasteiger partial charge in [-0.25, -0.2) is 12.8 Å². The standard InChI is InChI=1S/C30H35ClFN3O5S/c1-5-21(3)33-30(37)22(4)34(19-23-11-15-25(32)16-12-23)29(36)20-35(27-9-7-8-10-28(27)40-6-2)41(38,39)26-17-13-24(31)14-18-26/h7-18,21-22H,5-6,19-20H2,1-4H3,(H,33,37)/t21-,22+/m0/s1. The molecule has 8 nitrogen and oxygen atoms in total. The lowest BCUT2D eigenvalue weighted by atomic mass is 10.1. The van der Waals surface area contributed by atoms with Crippen molar-refractivity contribution in [1.82, 2.24) is 10.2 Å². The van der Waals surface area contributed by atoms with Crippen LogP contribution in [0.2, 0.25) is 5.02 Å². The quantitative estimate of drug-likeness (QED) is 0.282. The monoisotopic (exact) mass is 603 g/mol. The van der Waals surface area contributed by atoms with Gasteiger partial charge in [-0.15, -0.1) is 0 Å². The zero-order chi connectivity index (χ0) is 30.2. The number of carbonyl (C=O) groups is 2. The normalized spacial score (nSPS) is 12.7. The van der Waals surface area contributed by atoms with E-state index < -0.39 is 40.2 Å². The summed E-state index contributed by atoms with van der Waals surface area (Å²) in [5, 5.41) is 3.23. The Labute approximate surface area is 246 Å². The van der Waals surface area contributed by atoms with Gasteiger partial charge < -0.3 is 15.0 Å². The van der Waals surface area contributed by atoms with Gasteiger partial charge in [0, 0.05) is 17.6 Å².